The van der Waals surface area contributed by atoms with Crippen molar-refractivity contribution in [3.8, 4) is 0 Å². The molecule has 0 saturated carbocycles. The fourth-order valence-electron chi connectivity index (χ4n) is 3.02. The van der Waals surface area contributed by atoms with Crippen molar-refractivity contribution in [2.75, 3.05) is 25.0 Å². The maximum absolute atomic E-state index is 12.5. The first-order chi connectivity index (χ1) is 11.7. The van der Waals surface area contributed by atoms with Gasteiger partial charge < -0.3 is 16.0 Å². The summed E-state index contributed by atoms with van der Waals surface area (Å²) in [5, 5.41) is 2.90. The highest BCUT2D eigenvalue weighted by atomic mass is 16.2. The van der Waals surface area contributed by atoms with Gasteiger partial charge in [0.1, 0.15) is 0 Å². The molecule has 2 rings (SSSR count). The molecule has 3 N–H and O–H groups in total. The minimum atomic E-state index is 0.00493. The molecule has 1 aliphatic rings. The quantitative estimate of drug-likeness (QED) is 0.719. The number of benzene rings is 1. The Bertz CT molecular complexity index is 539. The third-order valence-electron chi connectivity index (χ3n) is 4.39. The Balaban J connectivity index is 1.83. The normalized spacial score (nSPS) is 14.5. The van der Waals surface area contributed by atoms with Crippen LogP contribution < -0.4 is 11.1 Å². The molecule has 0 spiro atoms. The zero-order valence-corrected chi connectivity index (χ0v) is 14.4. The van der Waals surface area contributed by atoms with Crippen LogP contribution in [0.2, 0.25) is 0 Å². The summed E-state index contributed by atoms with van der Waals surface area (Å²) in [7, 11) is 0. The lowest BCUT2D eigenvalue weighted by Gasteiger charge is -2.26. The molecular weight excluding hydrogens is 302 g/mol. The number of amides is 2. The number of nitrogens with two attached hydrogens (primary N) is 1. The second kappa shape index (κ2) is 10.1. The molecule has 0 bridgehead atoms. The van der Waals surface area contributed by atoms with Gasteiger partial charge in [-0.3, -0.25) is 9.59 Å². The summed E-state index contributed by atoms with van der Waals surface area (Å²) in [5.41, 5.74) is 6.80. The van der Waals surface area contributed by atoms with Crippen LogP contribution in [-0.4, -0.2) is 36.3 Å². The van der Waals surface area contributed by atoms with Gasteiger partial charge in [0.15, 0.2) is 0 Å². The zero-order chi connectivity index (χ0) is 17.2. The van der Waals surface area contributed by atoms with Gasteiger partial charge in [0, 0.05) is 30.8 Å². The van der Waals surface area contributed by atoms with Gasteiger partial charge in [-0.25, -0.2) is 0 Å². The Morgan fingerprint density at radius 1 is 1.04 bits per heavy atom. The van der Waals surface area contributed by atoms with Crippen molar-refractivity contribution < 1.29 is 9.59 Å². The number of nitrogens with zero attached hydrogens (tertiary/aromatic N) is 1. The van der Waals surface area contributed by atoms with Crippen molar-refractivity contribution in [3.05, 3.63) is 29.8 Å². The minimum Gasteiger partial charge on any atom is -0.339 e. The molecule has 1 saturated heterocycles. The monoisotopic (exact) mass is 331 g/mol. The number of carbonyl (C=O) groups is 2. The summed E-state index contributed by atoms with van der Waals surface area (Å²) in [5.74, 6) is 0.0675. The summed E-state index contributed by atoms with van der Waals surface area (Å²) < 4.78 is 0. The first-order valence-corrected chi connectivity index (χ1v) is 9.10. The lowest BCUT2D eigenvalue weighted by atomic mass is 10.1. The van der Waals surface area contributed by atoms with E-state index in [-0.39, 0.29) is 11.8 Å². The summed E-state index contributed by atoms with van der Waals surface area (Å²) in [6, 6.07) is 7.26. The van der Waals surface area contributed by atoms with Gasteiger partial charge in [-0.15, -0.1) is 0 Å². The Kier molecular flexibility index (Phi) is 7.75. The average molecular weight is 331 g/mol. The van der Waals surface area contributed by atoms with Gasteiger partial charge in [0.2, 0.25) is 5.91 Å². The molecule has 1 aliphatic heterocycles. The Morgan fingerprint density at radius 3 is 2.54 bits per heavy atom. The van der Waals surface area contributed by atoms with E-state index < -0.39 is 0 Å². The number of nitrogens with one attached hydrogen (secondary N) is 1. The summed E-state index contributed by atoms with van der Waals surface area (Å²) >= 11 is 0. The van der Waals surface area contributed by atoms with E-state index in [1.807, 2.05) is 23.1 Å². The smallest absolute Gasteiger partial charge is 0.253 e. The van der Waals surface area contributed by atoms with E-state index in [9.17, 15) is 9.59 Å². The van der Waals surface area contributed by atoms with E-state index >= 15 is 0 Å². The fraction of sp³-hybridized carbons (Fsp3) is 0.579. The molecule has 1 fully saturated rings. The number of anilines is 1. The molecule has 0 atom stereocenters. The van der Waals surface area contributed by atoms with Crippen LogP contribution in [0.4, 0.5) is 5.69 Å². The van der Waals surface area contributed by atoms with Gasteiger partial charge in [0.25, 0.3) is 5.91 Å². The van der Waals surface area contributed by atoms with Gasteiger partial charge in [-0.05, 0) is 56.8 Å². The standard InChI is InChI=1S/C19H29N3O2/c20-12-5-2-1-4-11-18(23)21-17-10-8-9-16(15-17)19(24)22-13-6-3-7-14-22/h8-10,15H,1-7,11-14,20H2,(H,21,23). The van der Waals surface area contributed by atoms with E-state index in [2.05, 4.69) is 5.32 Å². The van der Waals surface area contributed by atoms with E-state index in [4.69, 9.17) is 5.73 Å². The van der Waals surface area contributed by atoms with Crippen molar-refractivity contribution in [1.29, 1.82) is 0 Å². The number of piperidine rings is 1. The van der Waals surface area contributed by atoms with Crippen LogP contribution in [0.25, 0.3) is 0 Å². The van der Waals surface area contributed by atoms with Gasteiger partial charge in [0.05, 0.1) is 0 Å². The molecule has 1 heterocycles. The number of likely N-dealkylation sites (tertiary alicyclic amines) is 1. The van der Waals surface area contributed by atoms with Crippen molar-refractivity contribution in [2.24, 2.45) is 5.73 Å². The molecule has 5 heteroatoms. The van der Waals surface area contributed by atoms with Crippen molar-refractivity contribution in [1.82, 2.24) is 4.90 Å². The predicted molar refractivity (Wildman–Crippen MR) is 97.0 cm³/mol. The molecule has 1 aromatic rings. The number of rotatable bonds is 8. The second-order valence-corrected chi connectivity index (χ2v) is 6.43. The highest BCUT2D eigenvalue weighted by Crippen LogP contribution is 2.17. The predicted octanol–water partition coefficient (Wildman–Crippen LogP) is 3.16. The number of carbonyl (C=O) groups excluding carboxylic acids is 2. The van der Waals surface area contributed by atoms with Crippen LogP contribution in [0.15, 0.2) is 24.3 Å². The Morgan fingerprint density at radius 2 is 1.79 bits per heavy atom. The number of unbranched alkanes of at least 4 members (excludes halogenated alkanes) is 3. The molecule has 0 radical (unpaired) electrons. The van der Waals surface area contributed by atoms with E-state index in [1.165, 1.54) is 6.42 Å². The molecule has 5 nitrogen and oxygen atoms in total. The Labute approximate surface area is 144 Å². The van der Waals surface area contributed by atoms with Crippen molar-refractivity contribution in [3.63, 3.8) is 0 Å². The summed E-state index contributed by atoms with van der Waals surface area (Å²) in [6.07, 6.45) is 7.85. The maximum atomic E-state index is 12.5. The van der Waals surface area contributed by atoms with Crippen LogP contribution in [0.5, 0.6) is 0 Å². The second-order valence-electron chi connectivity index (χ2n) is 6.43. The summed E-state index contributed by atoms with van der Waals surface area (Å²) in [4.78, 5) is 26.4. The van der Waals surface area contributed by atoms with Crippen LogP contribution in [0, 0.1) is 0 Å². The van der Waals surface area contributed by atoms with Crippen molar-refractivity contribution in [2.45, 2.75) is 51.4 Å². The van der Waals surface area contributed by atoms with E-state index in [1.54, 1.807) is 6.07 Å². The highest BCUT2D eigenvalue weighted by Gasteiger charge is 2.18. The SMILES string of the molecule is NCCCCCCC(=O)Nc1cccc(C(=O)N2CCCCC2)c1. The lowest BCUT2D eigenvalue weighted by Crippen LogP contribution is -2.35. The molecule has 24 heavy (non-hydrogen) atoms. The molecule has 2 amide bonds. The number of hydrogen-bond acceptors (Lipinski definition) is 3. The van der Waals surface area contributed by atoms with Crippen molar-refractivity contribution >= 4 is 17.5 Å². The zero-order valence-electron chi connectivity index (χ0n) is 14.4. The largest absolute Gasteiger partial charge is 0.339 e. The average Bonchev–Trinajstić information content (AvgIpc) is 2.62. The lowest BCUT2D eigenvalue weighted by molar-refractivity contribution is -0.116. The Hall–Kier alpha value is -1.88. The first kappa shape index (κ1) is 18.5. The number of hydrogen-bond donors (Lipinski definition) is 2. The van der Waals surface area contributed by atoms with Gasteiger partial charge in [-0.2, -0.15) is 0 Å². The van der Waals surface area contributed by atoms with Crippen LogP contribution in [-0.2, 0) is 4.79 Å². The van der Waals surface area contributed by atoms with Gasteiger partial charge in [-0.1, -0.05) is 18.9 Å². The van der Waals surface area contributed by atoms with Crippen LogP contribution >= 0.6 is 0 Å². The van der Waals surface area contributed by atoms with E-state index in [0.717, 1.165) is 51.6 Å². The van der Waals surface area contributed by atoms with E-state index in [0.29, 0.717) is 24.2 Å². The maximum Gasteiger partial charge on any atom is 0.253 e. The fourth-order valence-corrected chi connectivity index (χ4v) is 3.02. The molecule has 132 valence electrons. The summed E-state index contributed by atoms with van der Waals surface area (Å²) in [6.45, 7) is 2.38. The third-order valence-corrected chi connectivity index (χ3v) is 4.39. The topological polar surface area (TPSA) is 75.4 Å². The third kappa shape index (κ3) is 5.96. The molecule has 0 aromatic heterocycles. The van der Waals surface area contributed by atoms with Crippen LogP contribution in [0.3, 0.4) is 0 Å². The molecule has 0 unspecified atom stereocenters. The molecule has 1 aromatic carbocycles. The molecule has 0 aliphatic carbocycles. The van der Waals surface area contributed by atoms with Gasteiger partial charge >= 0.3 is 0 Å². The molecular formula is C19H29N3O2. The first-order valence-electron chi connectivity index (χ1n) is 9.10. The van der Waals surface area contributed by atoms with Crippen LogP contribution in [0.1, 0.15) is 61.7 Å². The minimum absolute atomic E-state index is 0.00493. The highest BCUT2D eigenvalue weighted by molar-refractivity contribution is 5.97.